The molecule has 0 aromatic heterocycles. The lowest BCUT2D eigenvalue weighted by Gasteiger charge is -2.36. The fourth-order valence-corrected chi connectivity index (χ4v) is 4.79. The predicted molar refractivity (Wildman–Crippen MR) is 116 cm³/mol. The lowest BCUT2D eigenvalue weighted by atomic mass is 10.1. The van der Waals surface area contributed by atoms with Gasteiger partial charge in [-0.1, -0.05) is 6.07 Å². The fraction of sp³-hybridized carbons (Fsp3) is 0.591. The zero-order valence-electron chi connectivity index (χ0n) is 18.4. The molecule has 3 rings (SSSR count). The van der Waals surface area contributed by atoms with Crippen molar-refractivity contribution in [3.63, 3.8) is 0 Å². The molecule has 0 radical (unpaired) electrons. The van der Waals surface area contributed by atoms with Crippen LogP contribution in [0.2, 0.25) is 0 Å². The highest BCUT2D eigenvalue weighted by molar-refractivity contribution is 5.85. The highest BCUT2D eigenvalue weighted by Crippen LogP contribution is 2.37. The number of hydrogen-bond donors (Lipinski definition) is 0. The van der Waals surface area contributed by atoms with Gasteiger partial charge < -0.3 is 14.7 Å². The molecule has 5 nitrogen and oxygen atoms in total. The molecule has 0 amide bonds. The molecule has 148 valence electrons. The van der Waals surface area contributed by atoms with Crippen molar-refractivity contribution < 1.29 is 0 Å². The predicted octanol–water partition coefficient (Wildman–Crippen LogP) is 4.94. The van der Waals surface area contributed by atoms with Crippen LogP contribution < -0.4 is 9.91 Å². The molecule has 0 spiro atoms. The van der Waals surface area contributed by atoms with E-state index in [1.807, 2.05) is 0 Å². The van der Waals surface area contributed by atoms with Crippen LogP contribution in [0.25, 0.3) is 0 Å². The largest absolute Gasteiger partial charge is 0.351 e. The van der Waals surface area contributed by atoms with Crippen LogP contribution in [0.5, 0.6) is 0 Å². The van der Waals surface area contributed by atoms with E-state index in [9.17, 15) is 0 Å². The molecule has 1 aromatic carbocycles. The van der Waals surface area contributed by atoms with Crippen molar-refractivity contribution in [2.45, 2.75) is 86.7 Å². The minimum Gasteiger partial charge on any atom is -0.351 e. The highest BCUT2D eigenvalue weighted by Gasteiger charge is 2.34. The number of nitrogens with zero attached hydrogens (tertiary/aromatic N) is 5. The SMILES string of the molecule is CC1=CN(c2cccc(N3N=C(C)N(C(C)C)[C@H]3C)c2C)[C@@H](C)N1C(C)C. The molecule has 2 aliphatic rings. The number of allylic oxidation sites excluding steroid dienone is 1. The molecular weight excluding hydrogens is 334 g/mol. The zero-order chi connectivity index (χ0) is 20.0. The van der Waals surface area contributed by atoms with Gasteiger partial charge in [0, 0.05) is 29.7 Å². The van der Waals surface area contributed by atoms with Gasteiger partial charge in [0.25, 0.3) is 0 Å². The summed E-state index contributed by atoms with van der Waals surface area (Å²) in [6.07, 6.45) is 2.81. The Bertz CT molecular complexity index is 704. The number of amidine groups is 1. The molecule has 0 unspecified atom stereocenters. The summed E-state index contributed by atoms with van der Waals surface area (Å²) < 4.78 is 0. The Morgan fingerprint density at radius 1 is 0.852 bits per heavy atom. The van der Waals surface area contributed by atoms with Crippen molar-refractivity contribution in [1.82, 2.24) is 9.80 Å². The van der Waals surface area contributed by atoms with Gasteiger partial charge in [-0.05, 0) is 80.0 Å². The van der Waals surface area contributed by atoms with Crippen LogP contribution in [-0.2, 0) is 0 Å². The zero-order valence-corrected chi connectivity index (χ0v) is 18.4. The van der Waals surface area contributed by atoms with Crippen LogP contribution in [0, 0.1) is 6.92 Å². The molecule has 5 heteroatoms. The second-order valence-corrected chi connectivity index (χ2v) is 8.36. The third kappa shape index (κ3) is 3.17. The van der Waals surface area contributed by atoms with Gasteiger partial charge in [-0.15, -0.1) is 0 Å². The monoisotopic (exact) mass is 369 g/mol. The molecule has 0 saturated heterocycles. The van der Waals surface area contributed by atoms with Crippen LogP contribution in [0.4, 0.5) is 11.4 Å². The van der Waals surface area contributed by atoms with Gasteiger partial charge in [0.1, 0.15) is 18.2 Å². The van der Waals surface area contributed by atoms with Crippen LogP contribution in [0.3, 0.4) is 0 Å². The summed E-state index contributed by atoms with van der Waals surface area (Å²) >= 11 is 0. The summed E-state index contributed by atoms with van der Waals surface area (Å²) in [5, 5.41) is 7.05. The Morgan fingerprint density at radius 2 is 1.44 bits per heavy atom. The first kappa shape index (κ1) is 19.6. The van der Waals surface area contributed by atoms with Gasteiger partial charge in [-0.3, -0.25) is 0 Å². The molecule has 2 aliphatic heterocycles. The van der Waals surface area contributed by atoms with E-state index in [1.54, 1.807) is 0 Å². The van der Waals surface area contributed by atoms with Gasteiger partial charge >= 0.3 is 0 Å². The maximum Gasteiger partial charge on any atom is 0.124 e. The van der Waals surface area contributed by atoms with E-state index < -0.39 is 0 Å². The highest BCUT2D eigenvalue weighted by atomic mass is 15.6. The Kier molecular flexibility index (Phi) is 5.15. The third-order valence-electron chi connectivity index (χ3n) is 5.84. The lowest BCUT2D eigenvalue weighted by Crippen LogP contribution is -2.43. The van der Waals surface area contributed by atoms with E-state index in [2.05, 4.69) is 106 Å². The van der Waals surface area contributed by atoms with Gasteiger partial charge in [0.2, 0.25) is 0 Å². The van der Waals surface area contributed by atoms with E-state index in [0.717, 1.165) is 5.84 Å². The average Bonchev–Trinajstić information content (AvgIpc) is 3.03. The number of hydrazone groups is 1. The Balaban J connectivity index is 1.97. The smallest absolute Gasteiger partial charge is 0.124 e. The summed E-state index contributed by atoms with van der Waals surface area (Å²) in [6.45, 7) is 20.0. The molecule has 2 heterocycles. The number of anilines is 2. The first-order valence-corrected chi connectivity index (χ1v) is 10.1. The van der Waals surface area contributed by atoms with Crippen molar-refractivity contribution in [3.8, 4) is 0 Å². The minimum atomic E-state index is 0.222. The maximum absolute atomic E-state index is 4.88. The molecule has 0 bridgehead atoms. The Hall–Kier alpha value is -2.17. The molecule has 1 aromatic rings. The molecular formula is C22H35N5. The van der Waals surface area contributed by atoms with Crippen LogP contribution in [-0.4, -0.2) is 40.1 Å². The molecule has 0 saturated carbocycles. The van der Waals surface area contributed by atoms with Crippen molar-refractivity contribution >= 4 is 17.2 Å². The van der Waals surface area contributed by atoms with Crippen LogP contribution in [0.15, 0.2) is 35.2 Å². The second-order valence-electron chi connectivity index (χ2n) is 8.36. The first-order chi connectivity index (χ1) is 12.6. The summed E-state index contributed by atoms with van der Waals surface area (Å²) in [6, 6.07) is 7.48. The molecule has 27 heavy (non-hydrogen) atoms. The van der Waals surface area contributed by atoms with Crippen molar-refractivity contribution in [3.05, 3.63) is 35.7 Å². The molecule has 0 N–H and O–H groups in total. The quantitative estimate of drug-likeness (QED) is 0.750. The first-order valence-electron chi connectivity index (χ1n) is 10.1. The average molecular weight is 370 g/mol. The maximum atomic E-state index is 4.88. The van der Waals surface area contributed by atoms with E-state index in [0.29, 0.717) is 18.2 Å². The second kappa shape index (κ2) is 7.10. The van der Waals surface area contributed by atoms with E-state index in [1.165, 1.54) is 22.6 Å². The topological polar surface area (TPSA) is 25.3 Å². The van der Waals surface area contributed by atoms with Crippen molar-refractivity contribution in [2.75, 3.05) is 9.91 Å². The van der Waals surface area contributed by atoms with Crippen LogP contribution >= 0.6 is 0 Å². The Morgan fingerprint density at radius 3 is 1.96 bits per heavy atom. The van der Waals surface area contributed by atoms with Crippen molar-refractivity contribution in [2.24, 2.45) is 5.10 Å². The van der Waals surface area contributed by atoms with Gasteiger partial charge in [0.15, 0.2) is 0 Å². The standard InChI is InChI=1S/C22H35N5/c1-14(2)25-16(5)13-24(19(25)8)21-11-10-12-22(17(21)6)27-20(9)26(15(3)4)18(7)23-27/h10-15,19-20H,1-9H3/t19-,20-/m1/s1. The summed E-state index contributed by atoms with van der Waals surface area (Å²) in [5.74, 6) is 1.08. The number of hydrogen-bond acceptors (Lipinski definition) is 5. The summed E-state index contributed by atoms with van der Waals surface area (Å²) in [7, 11) is 0. The van der Waals surface area contributed by atoms with E-state index >= 15 is 0 Å². The van der Waals surface area contributed by atoms with Crippen molar-refractivity contribution in [1.29, 1.82) is 0 Å². The van der Waals surface area contributed by atoms with E-state index in [-0.39, 0.29) is 6.17 Å². The van der Waals surface area contributed by atoms with Gasteiger partial charge in [0.05, 0.1) is 5.69 Å². The third-order valence-corrected chi connectivity index (χ3v) is 5.84. The fourth-order valence-electron chi connectivity index (χ4n) is 4.79. The Labute approximate surface area is 164 Å². The number of rotatable bonds is 4. The van der Waals surface area contributed by atoms with Crippen LogP contribution in [0.1, 0.15) is 61.0 Å². The normalized spacial score (nSPS) is 23.1. The van der Waals surface area contributed by atoms with E-state index in [4.69, 9.17) is 5.10 Å². The minimum absolute atomic E-state index is 0.222. The van der Waals surface area contributed by atoms with Gasteiger partial charge in [-0.2, -0.15) is 5.10 Å². The molecule has 0 aliphatic carbocycles. The summed E-state index contributed by atoms with van der Waals surface area (Å²) in [5.41, 5.74) is 5.03. The lowest BCUT2D eigenvalue weighted by molar-refractivity contribution is 0.242. The molecule has 0 fully saturated rings. The van der Waals surface area contributed by atoms with Gasteiger partial charge in [-0.25, -0.2) is 5.01 Å². The molecule has 2 atom stereocenters. The number of benzene rings is 1. The summed E-state index contributed by atoms with van der Waals surface area (Å²) in [4.78, 5) is 7.23.